The number of halogens is 2. The Morgan fingerprint density at radius 3 is 2.33 bits per heavy atom. The Morgan fingerprint density at radius 1 is 1.00 bits per heavy atom. The van der Waals surface area contributed by atoms with Crippen LogP contribution in [0.4, 0.5) is 0 Å². The summed E-state index contributed by atoms with van der Waals surface area (Å²) in [6, 6.07) is 13.2. The molecule has 2 aromatic rings. The summed E-state index contributed by atoms with van der Waals surface area (Å²) in [5.41, 5.74) is 5.75. The Balaban J connectivity index is 0.00000144. The predicted molar refractivity (Wildman–Crippen MR) is 105 cm³/mol. The molecule has 0 radical (unpaired) electrons. The summed E-state index contributed by atoms with van der Waals surface area (Å²) in [6.07, 6.45) is 3.69. The molecule has 0 bridgehead atoms. The van der Waals surface area contributed by atoms with E-state index in [9.17, 15) is 0 Å². The molecule has 0 atom stereocenters. The third-order valence-corrected chi connectivity index (χ3v) is 6.13. The Bertz CT molecular complexity index is 778. The van der Waals surface area contributed by atoms with Gasteiger partial charge in [-0.25, -0.2) is 0 Å². The molecule has 0 N–H and O–H groups in total. The molecule has 0 aromatic heterocycles. The molecule has 1 aliphatic carbocycles. The normalized spacial score (nSPS) is 13.6. The van der Waals surface area contributed by atoms with Crippen molar-refractivity contribution in [1.29, 1.82) is 0 Å². The summed E-state index contributed by atoms with van der Waals surface area (Å²) in [4.78, 5) is 0. The van der Waals surface area contributed by atoms with Crippen LogP contribution in [-0.2, 0) is 22.9 Å². The molecule has 1 aliphatic rings. The largest absolute Gasteiger partial charge is 0.147 e. The first kappa shape index (κ1) is 21.5. The first-order valence-corrected chi connectivity index (χ1v) is 9.29. The van der Waals surface area contributed by atoms with Crippen LogP contribution in [0, 0.1) is 0 Å². The number of hydrogen-bond donors (Lipinski definition) is 0. The van der Waals surface area contributed by atoms with E-state index in [1.165, 1.54) is 36.9 Å². The summed E-state index contributed by atoms with van der Waals surface area (Å²) < 4.78 is 7.53. The van der Waals surface area contributed by atoms with Crippen LogP contribution in [0.25, 0.3) is 16.3 Å². The van der Waals surface area contributed by atoms with Crippen LogP contribution in [-0.4, -0.2) is 6.10 Å². The fraction of sp³-hybridized carbons (Fsp3) is 0.300. The average Bonchev–Trinajstić information content (AvgIpc) is 2.83. The Kier molecular flexibility index (Phi) is 8.25. The van der Waals surface area contributed by atoms with Gasteiger partial charge in [0.1, 0.15) is 0 Å². The monoisotopic (exact) mass is 398 g/mol. The minimum absolute atomic E-state index is 0. The van der Waals surface area contributed by atoms with Crippen molar-refractivity contribution in [1.82, 2.24) is 0 Å². The topological polar surface area (TPSA) is 9.23 Å². The second-order valence-corrected chi connectivity index (χ2v) is 7.77. The summed E-state index contributed by atoms with van der Waals surface area (Å²) in [6.45, 7) is 8.70. The molecule has 0 amide bonds. The van der Waals surface area contributed by atoms with Gasteiger partial charge < -0.3 is 0 Å². The summed E-state index contributed by atoms with van der Waals surface area (Å²) in [5.74, 6) is 0. The maximum Gasteiger partial charge on any atom is -0.147 e. The van der Waals surface area contributed by atoms with E-state index in [0.717, 1.165) is 6.42 Å². The second-order valence-electron chi connectivity index (χ2n) is 6.31. The Morgan fingerprint density at radius 2 is 1.71 bits per heavy atom. The van der Waals surface area contributed by atoms with Crippen molar-refractivity contribution in [2.24, 2.45) is 0 Å². The summed E-state index contributed by atoms with van der Waals surface area (Å²) in [7, 11) is 0. The number of fused-ring (bicyclic) bond motifs is 1. The Hall–Kier alpha value is -0.566. The maximum atomic E-state index is 6.08. The molecule has 3 rings (SSSR count). The van der Waals surface area contributed by atoms with Gasteiger partial charge in [-0.15, -0.1) is 24.8 Å². The van der Waals surface area contributed by atoms with E-state index in [-0.39, 0.29) is 24.8 Å². The molecule has 0 saturated carbocycles. The number of hydrogen-bond acceptors (Lipinski definition) is 1. The van der Waals surface area contributed by atoms with E-state index in [0.29, 0.717) is 6.10 Å². The zero-order valence-corrected chi connectivity index (χ0v) is 17.7. The Labute approximate surface area is 166 Å². The first-order valence-electron chi connectivity index (χ1n) is 7.87. The second kappa shape index (κ2) is 9.22. The molecule has 1 nitrogen and oxygen atoms in total. The fourth-order valence-electron chi connectivity index (χ4n) is 3.04. The average molecular weight is 399 g/mol. The van der Waals surface area contributed by atoms with E-state index < -0.39 is 19.5 Å². The zero-order valence-electron chi connectivity index (χ0n) is 14.6. The van der Waals surface area contributed by atoms with Crippen LogP contribution < -0.4 is 3.87 Å². The van der Waals surface area contributed by atoms with Crippen LogP contribution in [0.1, 0.15) is 39.7 Å². The van der Waals surface area contributed by atoms with E-state index in [2.05, 4.69) is 70.2 Å². The van der Waals surface area contributed by atoms with Crippen molar-refractivity contribution >= 4 is 45.0 Å². The summed E-state index contributed by atoms with van der Waals surface area (Å²) in [5, 5.41) is 2.68. The van der Waals surface area contributed by atoms with Gasteiger partial charge in [-0.2, -0.15) is 0 Å². The van der Waals surface area contributed by atoms with Crippen molar-refractivity contribution in [2.75, 3.05) is 0 Å². The minimum atomic E-state index is -0.599. The molecule has 128 valence electrons. The van der Waals surface area contributed by atoms with E-state index in [1.54, 1.807) is 0 Å². The predicted octanol–water partition coefficient (Wildman–Crippen LogP) is 5.85. The van der Waals surface area contributed by atoms with Crippen LogP contribution in [0.2, 0.25) is 0 Å². The van der Waals surface area contributed by atoms with Crippen LogP contribution in [0.15, 0.2) is 53.6 Å². The molecule has 0 unspecified atom stereocenters. The van der Waals surface area contributed by atoms with Gasteiger partial charge in [0.25, 0.3) is 0 Å². The van der Waals surface area contributed by atoms with Gasteiger partial charge in [0, 0.05) is 0 Å². The van der Waals surface area contributed by atoms with Crippen molar-refractivity contribution in [2.45, 2.75) is 40.2 Å². The van der Waals surface area contributed by atoms with Crippen LogP contribution in [0.5, 0.6) is 0 Å². The van der Waals surface area contributed by atoms with Crippen molar-refractivity contribution in [3.63, 3.8) is 0 Å². The molecule has 2 aromatic carbocycles. The standard InChI is InChI=1S/C17H15.C3H7O.2ClH.Ti/c1-12-9-13(2)17(10-12)16-8-7-14-5-3-4-6-15(14)11-16;1-3(2)4;;;/h3-9H,10H2,1-2H3;3H,1-2H3;2*1H;/q;-1;;;+1. The van der Waals surface area contributed by atoms with Gasteiger partial charge in [-0.1, -0.05) is 0 Å². The minimum Gasteiger partial charge on any atom is -0.147 e. The van der Waals surface area contributed by atoms with Crippen molar-refractivity contribution in [3.8, 4) is 0 Å². The van der Waals surface area contributed by atoms with Gasteiger partial charge in [-0.3, -0.25) is 0 Å². The number of rotatable bonds is 4. The van der Waals surface area contributed by atoms with E-state index in [4.69, 9.17) is 3.32 Å². The third-order valence-electron chi connectivity index (χ3n) is 4.05. The molecule has 4 heteroatoms. The summed E-state index contributed by atoms with van der Waals surface area (Å²) >= 11 is -0.599. The van der Waals surface area contributed by atoms with E-state index >= 15 is 0 Å². The van der Waals surface area contributed by atoms with E-state index in [1.807, 2.05) is 0 Å². The molecule has 0 heterocycles. The molecule has 0 spiro atoms. The van der Waals surface area contributed by atoms with Gasteiger partial charge in [0.05, 0.1) is 0 Å². The van der Waals surface area contributed by atoms with Gasteiger partial charge in [0.2, 0.25) is 0 Å². The van der Waals surface area contributed by atoms with Crippen molar-refractivity contribution < 1.29 is 22.9 Å². The molecular weight excluding hydrogens is 375 g/mol. The number of allylic oxidation sites excluding steroid dienone is 4. The van der Waals surface area contributed by atoms with Gasteiger partial charge >= 0.3 is 142 Å². The first-order chi connectivity index (χ1) is 10.6. The molecular formula is C20H24Cl2OTi. The number of benzene rings is 2. The molecule has 0 fully saturated rings. The van der Waals surface area contributed by atoms with Crippen LogP contribution in [0.3, 0.4) is 0 Å². The van der Waals surface area contributed by atoms with Gasteiger partial charge in [0.15, 0.2) is 0 Å². The smallest absolute Gasteiger partial charge is 0.147 e. The fourth-order valence-corrected chi connectivity index (χ4v) is 4.66. The molecule has 0 aliphatic heterocycles. The van der Waals surface area contributed by atoms with Gasteiger partial charge in [-0.05, 0) is 0 Å². The maximum absolute atomic E-state index is 6.08. The SMILES string of the molecule is CC1=CC(C)=C(c2ccc3ccccc3[c]2[Ti][O]C(C)C)C1.Cl.Cl. The molecule has 0 saturated heterocycles. The quantitative estimate of drug-likeness (QED) is 0.586. The zero-order chi connectivity index (χ0) is 15.7. The molecule has 24 heavy (non-hydrogen) atoms. The van der Waals surface area contributed by atoms with Crippen LogP contribution >= 0.6 is 24.8 Å². The third kappa shape index (κ3) is 4.53. The van der Waals surface area contributed by atoms with Crippen molar-refractivity contribution in [3.05, 3.63) is 59.2 Å².